The highest BCUT2D eigenvalue weighted by Crippen LogP contribution is 2.21. The summed E-state index contributed by atoms with van der Waals surface area (Å²) in [5.74, 6) is 2.81. The zero-order valence-corrected chi connectivity index (χ0v) is 20.4. The third-order valence-corrected chi connectivity index (χ3v) is 5.46. The lowest BCUT2D eigenvalue weighted by Crippen LogP contribution is -2.08. The Hall–Kier alpha value is -2.14. The molecule has 0 bridgehead atoms. The Bertz CT molecular complexity index is 704. The molecule has 0 aliphatic carbocycles. The van der Waals surface area contributed by atoms with E-state index >= 15 is 0 Å². The van der Waals surface area contributed by atoms with Crippen LogP contribution in [0.25, 0.3) is 11.4 Å². The van der Waals surface area contributed by atoms with E-state index in [4.69, 9.17) is 14.2 Å². The summed E-state index contributed by atoms with van der Waals surface area (Å²) in [6.45, 7) is 9.39. The Labute approximate surface area is 194 Å². The molecule has 5 nitrogen and oxygen atoms in total. The van der Waals surface area contributed by atoms with Gasteiger partial charge < -0.3 is 14.2 Å². The first-order chi connectivity index (χ1) is 15.7. The van der Waals surface area contributed by atoms with Crippen LogP contribution in [0.1, 0.15) is 78.6 Å². The van der Waals surface area contributed by atoms with Crippen LogP contribution in [-0.2, 0) is 4.74 Å². The molecule has 5 heteroatoms. The molecule has 0 aliphatic rings. The lowest BCUT2D eigenvalue weighted by atomic mass is 10.0. The quantitative estimate of drug-likeness (QED) is 0.230. The highest BCUT2D eigenvalue weighted by Gasteiger charge is 2.06. The number of nitrogens with zero attached hydrogens (tertiary/aromatic N) is 2. The van der Waals surface area contributed by atoms with Crippen LogP contribution in [0, 0.1) is 5.92 Å². The van der Waals surface area contributed by atoms with Crippen LogP contribution in [-0.4, -0.2) is 36.4 Å². The van der Waals surface area contributed by atoms with Crippen molar-refractivity contribution in [2.45, 2.75) is 78.6 Å². The zero-order valence-electron chi connectivity index (χ0n) is 20.4. The molecule has 1 atom stereocenters. The van der Waals surface area contributed by atoms with Gasteiger partial charge in [0.1, 0.15) is 12.4 Å². The van der Waals surface area contributed by atoms with Crippen molar-refractivity contribution in [2.24, 2.45) is 5.92 Å². The van der Waals surface area contributed by atoms with E-state index in [0.717, 1.165) is 30.9 Å². The molecule has 32 heavy (non-hydrogen) atoms. The van der Waals surface area contributed by atoms with Gasteiger partial charge in [-0.1, -0.05) is 65.7 Å². The van der Waals surface area contributed by atoms with Gasteiger partial charge in [0, 0.05) is 12.2 Å². The van der Waals surface area contributed by atoms with Gasteiger partial charge in [0.15, 0.2) is 11.6 Å². The number of hydrogen-bond acceptors (Lipinski definition) is 5. The van der Waals surface area contributed by atoms with E-state index in [0.29, 0.717) is 30.7 Å². The Morgan fingerprint density at radius 2 is 1.41 bits per heavy atom. The first-order valence-corrected chi connectivity index (χ1v) is 12.5. The largest absolute Gasteiger partial charge is 0.493 e. The van der Waals surface area contributed by atoms with Crippen molar-refractivity contribution in [1.82, 2.24) is 9.97 Å². The molecule has 0 aliphatic heterocycles. The molecule has 0 saturated carbocycles. The van der Waals surface area contributed by atoms with E-state index in [1.165, 1.54) is 51.4 Å². The van der Waals surface area contributed by atoms with Crippen molar-refractivity contribution < 1.29 is 14.2 Å². The van der Waals surface area contributed by atoms with E-state index in [2.05, 4.69) is 30.7 Å². The molecule has 0 fully saturated rings. The van der Waals surface area contributed by atoms with E-state index in [1.807, 2.05) is 24.3 Å². The Balaban J connectivity index is 1.67. The molecule has 1 aromatic heterocycles. The van der Waals surface area contributed by atoms with Crippen molar-refractivity contribution >= 4 is 0 Å². The minimum Gasteiger partial charge on any atom is -0.493 e. The smallest absolute Gasteiger partial charge is 0.159 e. The first-order valence-electron chi connectivity index (χ1n) is 12.5. The first kappa shape index (κ1) is 26.1. The fraction of sp³-hybridized carbons (Fsp3) is 0.630. The van der Waals surface area contributed by atoms with Crippen molar-refractivity contribution in [3.05, 3.63) is 36.7 Å². The average Bonchev–Trinajstić information content (AvgIpc) is 2.83. The standard InChI is InChI=1S/C27H42N2O3/c1-4-6-8-10-12-23(3)22-32-25-15-13-24(14-16-25)27-28-20-26(21-29-27)31-19-18-30-17-11-9-7-5-2/h13-16,20-21,23H,4-12,17-19,22H2,1-3H3. The van der Waals surface area contributed by atoms with Gasteiger partial charge in [0.05, 0.1) is 25.6 Å². The van der Waals surface area contributed by atoms with Crippen molar-refractivity contribution in [1.29, 1.82) is 0 Å². The van der Waals surface area contributed by atoms with E-state index in [9.17, 15) is 0 Å². The summed E-state index contributed by atoms with van der Waals surface area (Å²) in [4.78, 5) is 8.87. The predicted octanol–water partition coefficient (Wildman–Crippen LogP) is 7.10. The van der Waals surface area contributed by atoms with Crippen LogP contribution in [0.2, 0.25) is 0 Å². The summed E-state index contributed by atoms with van der Waals surface area (Å²) >= 11 is 0. The van der Waals surface area contributed by atoms with Crippen LogP contribution in [0.3, 0.4) is 0 Å². The summed E-state index contributed by atoms with van der Waals surface area (Å²) in [6.07, 6.45) is 14.8. The number of rotatable bonds is 18. The molecule has 0 saturated heterocycles. The summed E-state index contributed by atoms with van der Waals surface area (Å²) in [7, 11) is 0. The molecule has 178 valence electrons. The van der Waals surface area contributed by atoms with Gasteiger partial charge in [-0.05, 0) is 43.0 Å². The second-order valence-corrected chi connectivity index (χ2v) is 8.55. The minimum absolute atomic E-state index is 0.513. The molecule has 1 unspecified atom stereocenters. The molecular weight excluding hydrogens is 400 g/mol. The van der Waals surface area contributed by atoms with Gasteiger partial charge in [0.25, 0.3) is 0 Å². The van der Waals surface area contributed by atoms with Crippen LogP contribution < -0.4 is 9.47 Å². The number of aromatic nitrogens is 2. The van der Waals surface area contributed by atoms with Crippen LogP contribution in [0.4, 0.5) is 0 Å². The van der Waals surface area contributed by atoms with Crippen molar-refractivity contribution in [2.75, 3.05) is 26.4 Å². The monoisotopic (exact) mass is 442 g/mol. The molecule has 0 spiro atoms. The number of hydrogen-bond donors (Lipinski definition) is 0. The van der Waals surface area contributed by atoms with Crippen LogP contribution in [0.5, 0.6) is 11.5 Å². The molecule has 2 aromatic rings. The second kappa shape index (κ2) is 16.5. The maximum atomic E-state index is 5.95. The molecule has 0 amide bonds. The summed E-state index contributed by atoms with van der Waals surface area (Å²) < 4.78 is 17.2. The van der Waals surface area contributed by atoms with Crippen molar-refractivity contribution in [3.8, 4) is 22.9 Å². The average molecular weight is 443 g/mol. The van der Waals surface area contributed by atoms with E-state index in [-0.39, 0.29) is 0 Å². The number of unbranched alkanes of at least 4 members (excludes halogenated alkanes) is 6. The maximum Gasteiger partial charge on any atom is 0.159 e. The van der Waals surface area contributed by atoms with Crippen molar-refractivity contribution in [3.63, 3.8) is 0 Å². The lowest BCUT2D eigenvalue weighted by molar-refractivity contribution is 0.0969. The SMILES string of the molecule is CCCCCCOCCOc1cnc(-c2ccc(OCC(C)CCCCCC)cc2)nc1. The third-order valence-electron chi connectivity index (χ3n) is 5.46. The third kappa shape index (κ3) is 10.9. The van der Waals surface area contributed by atoms with Gasteiger partial charge in [0.2, 0.25) is 0 Å². The van der Waals surface area contributed by atoms with Crippen LogP contribution >= 0.6 is 0 Å². The number of ether oxygens (including phenoxy) is 3. The Morgan fingerprint density at radius 1 is 0.719 bits per heavy atom. The minimum atomic E-state index is 0.513. The normalized spacial score (nSPS) is 12.0. The van der Waals surface area contributed by atoms with Gasteiger partial charge in [-0.25, -0.2) is 9.97 Å². The topological polar surface area (TPSA) is 53.5 Å². The highest BCUT2D eigenvalue weighted by molar-refractivity contribution is 5.56. The fourth-order valence-corrected chi connectivity index (χ4v) is 3.43. The predicted molar refractivity (Wildman–Crippen MR) is 131 cm³/mol. The van der Waals surface area contributed by atoms with E-state index in [1.54, 1.807) is 12.4 Å². The summed E-state index contributed by atoms with van der Waals surface area (Å²) in [6, 6.07) is 7.99. The molecule has 2 rings (SSSR count). The summed E-state index contributed by atoms with van der Waals surface area (Å²) in [5, 5.41) is 0. The van der Waals surface area contributed by atoms with Crippen LogP contribution in [0.15, 0.2) is 36.7 Å². The van der Waals surface area contributed by atoms with Gasteiger partial charge in [-0.3, -0.25) is 0 Å². The Kier molecular flexibility index (Phi) is 13.5. The summed E-state index contributed by atoms with van der Waals surface area (Å²) in [5.41, 5.74) is 0.965. The number of benzene rings is 1. The van der Waals surface area contributed by atoms with Gasteiger partial charge in [-0.2, -0.15) is 0 Å². The highest BCUT2D eigenvalue weighted by atomic mass is 16.5. The van der Waals surface area contributed by atoms with Gasteiger partial charge >= 0.3 is 0 Å². The lowest BCUT2D eigenvalue weighted by Gasteiger charge is -2.13. The molecule has 1 aromatic carbocycles. The molecular formula is C27H42N2O3. The second-order valence-electron chi connectivity index (χ2n) is 8.55. The van der Waals surface area contributed by atoms with Gasteiger partial charge in [-0.15, -0.1) is 0 Å². The van der Waals surface area contributed by atoms with E-state index < -0.39 is 0 Å². The fourth-order valence-electron chi connectivity index (χ4n) is 3.43. The zero-order chi connectivity index (χ0) is 22.9. The molecule has 1 heterocycles. The molecule has 0 radical (unpaired) electrons. The molecule has 0 N–H and O–H groups in total. The maximum absolute atomic E-state index is 5.95. The Morgan fingerprint density at radius 3 is 2.09 bits per heavy atom.